The highest BCUT2D eigenvalue weighted by Gasteiger charge is 2.52. The van der Waals surface area contributed by atoms with Crippen LogP contribution in [0.25, 0.3) is 0 Å². The first-order valence-corrected chi connectivity index (χ1v) is 12.0. The van der Waals surface area contributed by atoms with E-state index in [9.17, 15) is 19.2 Å². The van der Waals surface area contributed by atoms with E-state index >= 15 is 0 Å². The van der Waals surface area contributed by atoms with E-state index < -0.39 is 57.4 Å². The van der Waals surface area contributed by atoms with Crippen molar-refractivity contribution >= 4 is 70.4 Å². The van der Waals surface area contributed by atoms with Crippen LogP contribution in [0.2, 0.25) is 0 Å². The molecule has 0 unspecified atom stereocenters. The summed E-state index contributed by atoms with van der Waals surface area (Å²) in [5.74, 6) is -3.03. The molecule has 1 aliphatic heterocycles. The first kappa shape index (κ1) is 28.5. The van der Waals surface area contributed by atoms with E-state index in [-0.39, 0.29) is 6.61 Å². The van der Waals surface area contributed by atoms with Gasteiger partial charge in [0.25, 0.3) is 9.70 Å². The molecule has 0 bridgehead atoms. The van der Waals surface area contributed by atoms with Gasteiger partial charge in [-0.2, -0.15) is 0 Å². The van der Waals surface area contributed by atoms with Gasteiger partial charge in [0.05, 0.1) is 0 Å². The monoisotopic (exact) mass is 555 g/mol. The largest absolute Gasteiger partial charge is 0.463 e. The summed E-state index contributed by atoms with van der Waals surface area (Å²) >= 11 is 18.4. The minimum absolute atomic E-state index is 0.304. The molecule has 1 fully saturated rings. The average Bonchev–Trinajstić information content (AvgIpc) is 2.71. The highest BCUT2D eigenvalue weighted by molar-refractivity contribution is 7.99. The maximum atomic E-state index is 12.5. The van der Waals surface area contributed by atoms with Crippen LogP contribution in [0.4, 0.5) is 0 Å². The fourth-order valence-corrected chi connectivity index (χ4v) is 4.43. The number of thioether (sulfide) groups is 1. The quantitative estimate of drug-likeness (QED) is 0.307. The summed E-state index contributed by atoms with van der Waals surface area (Å²) in [6.45, 7) is 5.12. The number of amides is 1. The maximum absolute atomic E-state index is 12.5. The molecule has 0 spiro atoms. The standard InChI is InChI=1S/C21H24Cl3NO8S/c1-10-5-7-14(8-6-10)34-19-16(25-20(29)21(22,23)24)18(32-13(4)28)17(31-12(3)27)15(33-19)9-30-11(2)26/h5-8,15-19H,9H2,1-4H3,(H,25,29)/t15-,16-,17-,18-,19+/m1/s1. The summed E-state index contributed by atoms with van der Waals surface area (Å²) in [7, 11) is 0. The lowest BCUT2D eigenvalue weighted by Crippen LogP contribution is -2.66. The molecule has 188 valence electrons. The molecule has 1 aliphatic rings. The highest BCUT2D eigenvalue weighted by atomic mass is 35.6. The van der Waals surface area contributed by atoms with Crippen LogP contribution >= 0.6 is 46.6 Å². The average molecular weight is 557 g/mol. The Bertz CT molecular complexity index is 908. The van der Waals surface area contributed by atoms with Gasteiger partial charge in [0.1, 0.15) is 24.2 Å². The molecule has 9 nitrogen and oxygen atoms in total. The van der Waals surface area contributed by atoms with Crippen molar-refractivity contribution in [3.05, 3.63) is 29.8 Å². The molecule has 1 amide bonds. The Morgan fingerprint density at radius 3 is 2.03 bits per heavy atom. The lowest BCUT2D eigenvalue weighted by molar-refractivity contribution is -0.211. The molecule has 0 aromatic heterocycles. The van der Waals surface area contributed by atoms with Crippen LogP contribution in [0.15, 0.2) is 29.2 Å². The second kappa shape index (κ2) is 12.3. The van der Waals surface area contributed by atoms with Crippen molar-refractivity contribution in [2.45, 2.75) is 66.2 Å². The Balaban J connectivity index is 2.50. The Hall–Kier alpha value is -1.72. The molecule has 5 atom stereocenters. The number of nitrogens with one attached hydrogen (secondary N) is 1. The molecule has 1 heterocycles. The second-order valence-corrected chi connectivity index (χ2v) is 10.9. The number of halogens is 3. The van der Waals surface area contributed by atoms with Crippen LogP contribution in [0, 0.1) is 6.92 Å². The van der Waals surface area contributed by atoms with Crippen molar-refractivity contribution in [3.8, 4) is 0 Å². The third kappa shape index (κ3) is 8.49. The van der Waals surface area contributed by atoms with E-state index in [1.54, 1.807) is 0 Å². The number of carbonyl (C=O) groups is 4. The Labute approximate surface area is 216 Å². The Morgan fingerprint density at radius 2 is 1.53 bits per heavy atom. The minimum Gasteiger partial charge on any atom is -0.463 e. The molecule has 2 rings (SSSR count). The molecule has 13 heteroatoms. The van der Waals surface area contributed by atoms with Crippen molar-refractivity contribution in [2.75, 3.05) is 6.61 Å². The molecule has 0 aliphatic carbocycles. The molecule has 0 saturated carbocycles. The fraction of sp³-hybridized carbons (Fsp3) is 0.524. The predicted molar refractivity (Wildman–Crippen MR) is 126 cm³/mol. The number of hydrogen-bond acceptors (Lipinski definition) is 9. The molecule has 1 aromatic carbocycles. The molecule has 34 heavy (non-hydrogen) atoms. The number of rotatable bonds is 7. The van der Waals surface area contributed by atoms with Crippen molar-refractivity contribution < 1.29 is 38.1 Å². The Morgan fingerprint density at radius 1 is 0.971 bits per heavy atom. The number of benzene rings is 1. The summed E-state index contributed by atoms with van der Waals surface area (Å²) in [5.41, 5.74) is 0.103. The zero-order valence-corrected chi connectivity index (χ0v) is 21.8. The van der Waals surface area contributed by atoms with Gasteiger partial charge in [-0.25, -0.2) is 0 Å². The second-order valence-electron chi connectivity index (χ2n) is 7.42. The van der Waals surface area contributed by atoms with Crippen molar-refractivity contribution in [1.29, 1.82) is 0 Å². The molecule has 1 saturated heterocycles. The van der Waals surface area contributed by atoms with Gasteiger partial charge in [-0.3, -0.25) is 19.2 Å². The third-order valence-electron chi connectivity index (χ3n) is 4.53. The number of alkyl halides is 3. The van der Waals surface area contributed by atoms with Crippen LogP contribution < -0.4 is 5.32 Å². The van der Waals surface area contributed by atoms with Crippen LogP contribution in [0.3, 0.4) is 0 Å². The number of ether oxygens (including phenoxy) is 4. The van der Waals surface area contributed by atoms with Gasteiger partial charge < -0.3 is 24.3 Å². The van der Waals surface area contributed by atoms with Crippen LogP contribution in [-0.4, -0.2) is 64.0 Å². The number of esters is 3. The van der Waals surface area contributed by atoms with Crippen molar-refractivity contribution in [3.63, 3.8) is 0 Å². The first-order chi connectivity index (χ1) is 15.8. The van der Waals surface area contributed by atoms with Crippen LogP contribution in [0.1, 0.15) is 26.3 Å². The van der Waals surface area contributed by atoms with E-state index in [2.05, 4.69) is 5.32 Å². The van der Waals surface area contributed by atoms with Gasteiger partial charge >= 0.3 is 17.9 Å². The lowest BCUT2D eigenvalue weighted by Gasteiger charge is -2.45. The van der Waals surface area contributed by atoms with Gasteiger partial charge in [0.15, 0.2) is 12.2 Å². The zero-order valence-electron chi connectivity index (χ0n) is 18.7. The lowest BCUT2D eigenvalue weighted by atomic mass is 9.97. The van der Waals surface area contributed by atoms with Crippen LogP contribution in [-0.2, 0) is 38.1 Å². The minimum atomic E-state index is -2.33. The fourth-order valence-electron chi connectivity index (χ4n) is 3.14. The zero-order chi connectivity index (χ0) is 25.6. The summed E-state index contributed by atoms with van der Waals surface area (Å²) in [4.78, 5) is 48.5. The molecular formula is C21H24Cl3NO8S. The van der Waals surface area contributed by atoms with E-state index in [1.165, 1.54) is 18.7 Å². The predicted octanol–water partition coefficient (Wildman–Crippen LogP) is 3.09. The summed E-state index contributed by atoms with van der Waals surface area (Å²) < 4.78 is 19.7. The topological polar surface area (TPSA) is 117 Å². The van der Waals surface area contributed by atoms with Gasteiger partial charge in [-0.15, -0.1) is 0 Å². The molecule has 0 radical (unpaired) electrons. The molecule has 1 N–H and O–H groups in total. The Kier molecular flexibility index (Phi) is 10.3. The summed E-state index contributed by atoms with van der Waals surface area (Å²) in [6, 6.07) is 6.30. The van der Waals surface area contributed by atoms with E-state index in [0.717, 1.165) is 24.3 Å². The third-order valence-corrected chi connectivity index (χ3v) is 6.23. The van der Waals surface area contributed by atoms with E-state index in [1.807, 2.05) is 31.2 Å². The van der Waals surface area contributed by atoms with Gasteiger partial charge in [0, 0.05) is 25.7 Å². The number of hydrogen-bond donors (Lipinski definition) is 1. The van der Waals surface area contributed by atoms with Crippen molar-refractivity contribution in [2.24, 2.45) is 0 Å². The van der Waals surface area contributed by atoms with Gasteiger partial charge in [-0.05, 0) is 19.1 Å². The molecule has 1 aromatic rings. The first-order valence-electron chi connectivity index (χ1n) is 10.0. The van der Waals surface area contributed by atoms with Gasteiger partial charge in [0.2, 0.25) is 0 Å². The smallest absolute Gasteiger partial charge is 0.303 e. The maximum Gasteiger partial charge on any atom is 0.303 e. The van der Waals surface area contributed by atoms with Gasteiger partial charge in [-0.1, -0.05) is 64.3 Å². The van der Waals surface area contributed by atoms with Crippen molar-refractivity contribution in [1.82, 2.24) is 5.32 Å². The SMILES string of the molecule is CC(=O)OC[C@H]1O[C@@H](Sc2ccc(C)cc2)[C@H](NC(=O)C(Cl)(Cl)Cl)[C@@H](OC(C)=O)[C@@H]1OC(C)=O. The molecular weight excluding hydrogens is 533 g/mol. The van der Waals surface area contributed by atoms with E-state index in [4.69, 9.17) is 53.8 Å². The number of carbonyl (C=O) groups excluding carboxylic acids is 4. The number of aryl methyl sites for hydroxylation is 1. The van der Waals surface area contributed by atoms with Crippen LogP contribution in [0.5, 0.6) is 0 Å². The summed E-state index contributed by atoms with van der Waals surface area (Å²) in [6.07, 6.45) is -3.52. The normalized spacial score (nSPS) is 24.6. The highest BCUT2D eigenvalue weighted by Crippen LogP contribution is 2.37. The summed E-state index contributed by atoms with van der Waals surface area (Å²) in [5, 5.41) is 2.53. The van der Waals surface area contributed by atoms with E-state index in [0.29, 0.717) is 0 Å².